The minimum absolute atomic E-state index is 0.0855. The minimum atomic E-state index is -3.81. The maximum absolute atomic E-state index is 12.5. The molecular formula is C17H25ClN2O4S. The number of unbranched alkanes of at least 4 members (excludes halogenated alkanes) is 2. The van der Waals surface area contributed by atoms with Crippen LogP contribution < -0.4 is 10.0 Å². The van der Waals surface area contributed by atoms with Gasteiger partial charge < -0.3 is 10.1 Å². The summed E-state index contributed by atoms with van der Waals surface area (Å²) in [4.78, 5) is 12.1. The van der Waals surface area contributed by atoms with Crippen molar-refractivity contribution in [2.45, 2.75) is 50.0 Å². The van der Waals surface area contributed by atoms with Crippen LogP contribution in [0.1, 0.15) is 49.4 Å². The third-order valence-electron chi connectivity index (χ3n) is 4.07. The standard InChI is InChI=1S/C17H25ClN2O4S/c1-2-3-4-9-19-17(21)13-7-8-15(18)16(11-13)25(22,23)20-12-14-6-5-10-24-14/h7-8,11,14,20H,2-6,9-10,12H2,1H3,(H,19,21). The van der Waals surface area contributed by atoms with Gasteiger partial charge in [0, 0.05) is 25.3 Å². The lowest BCUT2D eigenvalue weighted by atomic mass is 10.2. The van der Waals surface area contributed by atoms with E-state index in [1.165, 1.54) is 18.2 Å². The molecule has 1 amide bonds. The van der Waals surface area contributed by atoms with Crippen molar-refractivity contribution >= 4 is 27.5 Å². The molecule has 1 aliphatic rings. The molecule has 0 radical (unpaired) electrons. The predicted octanol–water partition coefficient (Wildman–Crippen LogP) is 2.72. The van der Waals surface area contributed by atoms with E-state index in [1.807, 2.05) is 0 Å². The summed E-state index contributed by atoms with van der Waals surface area (Å²) in [7, 11) is -3.81. The van der Waals surface area contributed by atoms with E-state index in [4.69, 9.17) is 16.3 Å². The van der Waals surface area contributed by atoms with Crippen LogP contribution in [0.5, 0.6) is 0 Å². The Labute approximate surface area is 154 Å². The van der Waals surface area contributed by atoms with Crippen LogP contribution in [-0.4, -0.2) is 40.1 Å². The molecule has 1 saturated heterocycles. The number of benzene rings is 1. The third-order valence-corrected chi connectivity index (χ3v) is 5.98. The van der Waals surface area contributed by atoms with Gasteiger partial charge in [-0.3, -0.25) is 4.79 Å². The van der Waals surface area contributed by atoms with Crippen LogP contribution in [0.3, 0.4) is 0 Å². The predicted molar refractivity (Wildman–Crippen MR) is 97.5 cm³/mol. The minimum Gasteiger partial charge on any atom is -0.377 e. The molecule has 1 unspecified atom stereocenters. The number of hydrogen-bond acceptors (Lipinski definition) is 4. The van der Waals surface area contributed by atoms with Gasteiger partial charge in [0.25, 0.3) is 5.91 Å². The molecule has 25 heavy (non-hydrogen) atoms. The first-order chi connectivity index (χ1) is 11.9. The van der Waals surface area contributed by atoms with Crippen LogP contribution in [0, 0.1) is 0 Å². The molecule has 2 rings (SSSR count). The first-order valence-electron chi connectivity index (χ1n) is 8.63. The van der Waals surface area contributed by atoms with Gasteiger partial charge in [-0.25, -0.2) is 13.1 Å². The number of amides is 1. The highest BCUT2D eigenvalue weighted by molar-refractivity contribution is 7.89. The average Bonchev–Trinajstić information content (AvgIpc) is 3.10. The number of hydrogen-bond donors (Lipinski definition) is 2. The number of carbonyl (C=O) groups excluding carboxylic acids is 1. The number of nitrogens with one attached hydrogen (secondary N) is 2. The summed E-state index contributed by atoms with van der Waals surface area (Å²) in [6.45, 7) is 3.50. The number of halogens is 1. The van der Waals surface area contributed by atoms with Crippen LogP contribution in [0.25, 0.3) is 0 Å². The normalized spacial score (nSPS) is 17.6. The van der Waals surface area contributed by atoms with E-state index in [2.05, 4.69) is 17.0 Å². The van der Waals surface area contributed by atoms with Crippen LogP contribution in [0.4, 0.5) is 0 Å². The number of rotatable bonds is 9. The Kier molecular flexibility index (Phi) is 7.68. The van der Waals surface area contributed by atoms with Crippen molar-refractivity contribution in [3.05, 3.63) is 28.8 Å². The van der Waals surface area contributed by atoms with Crippen LogP contribution in [0.2, 0.25) is 5.02 Å². The molecule has 6 nitrogen and oxygen atoms in total. The molecule has 0 aromatic heterocycles. The maximum atomic E-state index is 12.5. The van der Waals surface area contributed by atoms with Crippen molar-refractivity contribution in [2.75, 3.05) is 19.7 Å². The largest absolute Gasteiger partial charge is 0.377 e. The summed E-state index contributed by atoms with van der Waals surface area (Å²) in [5, 5.41) is 2.88. The van der Waals surface area contributed by atoms with Gasteiger partial charge in [-0.2, -0.15) is 0 Å². The van der Waals surface area contributed by atoms with Crippen LogP contribution >= 0.6 is 11.6 Å². The van der Waals surface area contributed by atoms with E-state index < -0.39 is 10.0 Å². The molecule has 1 fully saturated rings. The SMILES string of the molecule is CCCCCNC(=O)c1ccc(Cl)c(S(=O)(=O)NCC2CCCO2)c1. The Hall–Kier alpha value is -1.15. The van der Waals surface area contributed by atoms with Gasteiger partial charge in [0.05, 0.1) is 11.1 Å². The van der Waals surface area contributed by atoms with Gasteiger partial charge in [-0.15, -0.1) is 0 Å². The average molecular weight is 389 g/mol. The zero-order valence-electron chi connectivity index (χ0n) is 14.4. The lowest BCUT2D eigenvalue weighted by Crippen LogP contribution is -2.32. The molecule has 8 heteroatoms. The maximum Gasteiger partial charge on any atom is 0.251 e. The summed E-state index contributed by atoms with van der Waals surface area (Å²) < 4.78 is 32.9. The topological polar surface area (TPSA) is 84.5 Å². The van der Waals surface area contributed by atoms with Gasteiger partial charge in [-0.05, 0) is 37.5 Å². The Morgan fingerprint density at radius 1 is 1.36 bits per heavy atom. The summed E-state index contributed by atoms with van der Waals surface area (Å²) in [5.41, 5.74) is 0.276. The second-order valence-electron chi connectivity index (χ2n) is 6.10. The molecule has 1 aromatic carbocycles. The molecule has 0 bridgehead atoms. The van der Waals surface area contributed by atoms with Gasteiger partial charge in [0.15, 0.2) is 0 Å². The van der Waals surface area contributed by atoms with E-state index in [9.17, 15) is 13.2 Å². The van der Waals surface area contributed by atoms with E-state index in [0.717, 1.165) is 32.1 Å². The lowest BCUT2D eigenvalue weighted by molar-refractivity contribution is 0.0952. The number of ether oxygens (including phenoxy) is 1. The fourth-order valence-corrected chi connectivity index (χ4v) is 4.21. The molecule has 1 aromatic rings. The first kappa shape index (κ1) is 20.2. The molecule has 0 aliphatic carbocycles. The highest BCUT2D eigenvalue weighted by atomic mass is 35.5. The number of sulfonamides is 1. The molecule has 140 valence electrons. The quantitative estimate of drug-likeness (QED) is 0.637. The van der Waals surface area contributed by atoms with E-state index in [0.29, 0.717) is 13.2 Å². The summed E-state index contributed by atoms with van der Waals surface area (Å²) in [6.07, 6.45) is 4.64. The van der Waals surface area contributed by atoms with Crippen molar-refractivity contribution < 1.29 is 17.9 Å². The van der Waals surface area contributed by atoms with E-state index in [-0.39, 0.29) is 34.0 Å². The van der Waals surface area contributed by atoms with Crippen LogP contribution in [-0.2, 0) is 14.8 Å². The Balaban J connectivity index is 2.04. The van der Waals surface area contributed by atoms with Gasteiger partial charge in [0.1, 0.15) is 4.90 Å². The Bertz CT molecular complexity index is 688. The van der Waals surface area contributed by atoms with Crippen molar-refractivity contribution in [1.29, 1.82) is 0 Å². The van der Waals surface area contributed by atoms with Gasteiger partial charge >= 0.3 is 0 Å². The molecule has 1 aliphatic heterocycles. The van der Waals surface area contributed by atoms with Crippen molar-refractivity contribution in [2.24, 2.45) is 0 Å². The smallest absolute Gasteiger partial charge is 0.251 e. The van der Waals surface area contributed by atoms with Crippen molar-refractivity contribution in [3.63, 3.8) is 0 Å². The second kappa shape index (κ2) is 9.52. The highest BCUT2D eigenvalue weighted by Gasteiger charge is 2.23. The third kappa shape index (κ3) is 5.95. The zero-order valence-corrected chi connectivity index (χ0v) is 16.0. The molecule has 1 heterocycles. The molecule has 0 spiro atoms. The molecule has 0 saturated carbocycles. The zero-order chi connectivity index (χ0) is 18.3. The van der Waals surface area contributed by atoms with Crippen LogP contribution in [0.15, 0.2) is 23.1 Å². The summed E-state index contributed by atoms with van der Waals surface area (Å²) in [6, 6.07) is 4.27. The number of carbonyl (C=O) groups is 1. The highest BCUT2D eigenvalue weighted by Crippen LogP contribution is 2.23. The fraction of sp³-hybridized carbons (Fsp3) is 0.588. The lowest BCUT2D eigenvalue weighted by Gasteiger charge is -2.13. The van der Waals surface area contributed by atoms with Crippen molar-refractivity contribution in [3.8, 4) is 0 Å². The molecular weight excluding hydrogens is 364 g/mol. The summed E-state index contributed by atoms with van der Waals surface area (Å²) >= 11 is 6.04. The Morgan fingerprint density at radius 3 is 2.84 bits per heavy atom. The van der Waals surface area contributed by atoms with E-state index >= 15 is 0 Å². The summed E-state index contributed by atoms with van der Waals surface area (Å²) in [5.74, 6) is -0.302. The fourth-order valence-electron chi connectivity index (χ4n) is 2.62. The van der Waals surface area contributed by atoms with Crippen molar-refractivity contribution in [1.82, 2.24) is 10.0 Å². The molecule has 1 atom stereocenters. The second-order valence-corrected chi connectivity index (χ2v) is 8.24. The molecule has 2 N–H and O–H groups in total. The van der Waals surface area contributed by atoms with Gasteiger partial charge in [0.2, 0.25) is 10.0 Å². The Morgan fingerprint density at radius 2 is 2.16 bits per heavy atom. The monoisotopic (exact) mass is 388 g/mol. The van der Waals surface area contributed by atoms with Gasteiger partial charge in [-0.1, -0.05) is 31.4 Å². The first-order valence-corrected chi connectivity index (χ1v) is 10.5. The van der Waals surface area contributed by atoms with E-state index in [1.54, 1.807) is 0 Å².